The lowest BCUT2D eigenvalue weighted by Gasteiger charge is -2.32. The summed E-state index contributed by atoms with van der Waals surface area (Å²) in [5, 5.41) is 12.5. The second kappa shape index (κ2) is 8.81. The molecule has 0 bridgehead atoms. The standard InChI is InChI=1S/C25H32N2O6Si/c1-15-22(34(4,5)31)21(12-13-28)33-25(15)19-14-17(8-11-20(19)27(2)24(25)30)26-23(29)16-6-9-18(32-3)10-7-16/h6-11,14-15,21-22,28,31H,12-13H2,1-5H3,(H,26,29)/t15-,21+,22-,25+/m1/s1. The minimum Gasteiger partial charge on any atom is -0.497 e. The molecular weight excluding hydrogens is 452 g/mol. The number of rotatable bonds is 6. The molecule has 4 rings (SSSR count). The van der Waals surface area contributed by atoms with Gasteiger partial charge in [0, 0.05) is 41.9 Å². The number of benzene rings is 2. The zero-order valence-corrected chi connectivity index (χ0v) is 21.2. The molecule has 34 heavy (non-hydrogen) atoms. The average molecular weight is 485 g/mol. The molecule has 0 aromatic heterocycles. The number of ether oxygens (including phenoxy) is 2. The van der Waals surface area contributed by atoms with Crippen molar-refractivity contribution in [2.75, 3.05) is 31.0 Å². The van der Waals surface area contributed by atoms with Crippen molar-refractivity contribution in [2.45, 2.75) is 43.7 Å². The smallest absolute Gasteiger partial charge is 0.264 e. The number of hydrogen-bond donors (Lipinski definition) is 3. The fraction of sp³-hybridized carbons (Fsp3) is 0.440. The van der Waals surface area contributed by atoms with Crippen LogP contribution in [0.5, 0.6) is 5.75 Å². The van der Waals surface area contributed by atoms with Crippen LogP contribution in [0.1, 0.15) is 29.3 Å². The summed E-state index contributed by atoms with van der Waals surface area (Å²) in [5.41, 5.74) is 0.887. The summed E-state index contributed by atoms with van der Waals surface area (Å²) in [6.07, 6.45) is -0.0962. The van der Waals surface area contributed by atoms with E-state index in [9.17, 15) is 19.5 Å². The van der Waals surface area contributed by atoms with Crippen molar-refractivity contribution in [1.29, 1.82) is 0 Å². The van der Waals surface area contributed by atoms with E-state index in [1.165, 1.54) is 0 Å². The Morgan fingerprint density at radius 1 is 1.24 bits per heavy atom. The van der Waals surface area contributed by atoms with E-state index in [1.807, 2.05) is 20.0 Å². The number of amides is 2. The lowest BCUT2D eigenvalue weighted by atomic mass is 9.82. The summed E-state index contributed by atoms with van der Waals surface area (Å²) in [4.78, 5) is 39.1. The predicted octanol–water partition coefficient (Wildman–Crippen LogP) is 3.10. The van der Waals surface area contributed by atoms with Gasteiger partial charge in [0.15, 0.2) is 13.9 Å². The number of aliphatic hydroxyl groups excluding tert-OH is 1. The third-order valence-corrected chi connectivity index (χ3v) is 9.64. The Kier molecular flexibility index (Phi) is 6.32. The molecule has 2 aliphatic heterocycles. The summed E-state index contributed by atoms with van der Waals surface area (Å²) < 4.78 is 11.6. The van der Waals surface area contributed by atoms with Gasteiger partial charge in [-0.05, 0) is 62.0 Å². The highest BCUT2D eigenvalue weighted by atomic mass is 28.4. The molecule has 2 amide bonds. The molecule has 2 aromatic carbocycles. The first-order valence-electron chi connectivity index (χ1n) is 11.4. The minimum absolute atomic E-state index is 0.0940. The van der Waals surface area contributed by atoms with E-state index in [0.717, 1.165) is 0 Å². The van der Waals surface area contributed by atoms with Gasteiger partial charge in [-0.1, -0.05) is 6.92 Å². The van der Waals surface area contributed by atoms with Gasteiger partial charge in [-0.2, -0.15) is 0 Å². The third-order valence-electron chi connectivity index (χ3n) is 7.14. The van der Waals surface area contributed by atoms with Crippen molar-refractivity contribution < 1.29 is 29.0 Å². The molecule has 2 heterocycles. The Morgan fingerprint density at radius 3 is 2.50 bits per heavy atom. The van der Waals surface area contributed by atoms with E-state index >= 15 is 0 Å². The Balaban J connectivity index is 1.71. The van der Waals surface area contributed by atoms with E-state index in [-0.39, 0.29) is 29.9 Å². The summed E-state index contributed by atoms with van der Waals surface area (Å²) in [6, 6.07) is 12.2. The van der Waals surface area contributed by atoms with Gasteiger partial charge in [0.05, 0.1) is 18.9 Å². The molecule has 1 saturated heterocycles. The molecule has 0 unspecified atom stereocenters. The van der Waals surface area contributed by atoms with Gasteiger partial charge < -0.3 is 29.6 Å². The molecule has 3 N–H and O–H groups in total. The van der Waals surface area contributed by atoms with E-state index in [0.29, 0.717) is 34.7 Å². The number of methoxy groups -OCH3 is 1. The van der Waals surface area contributed by atoms with Crippen molar-refractivity contribution in [3.05, 3.63) is 53.6 Å². The molecule has 8 nitrogen and oxygen atoms in total. The van der Waals surface area contributed by atoms with Gasteiger partial charge in [0.1, 0.15) is 5.75 Å². The Morgan fingerprint density at radius 2 is 1.91 bits per heavy atom. The van der Waals surface area contributed by atoms with E-state index < -0.39 is 20.0 Å². The van der Waals surface area contributed by atoms with Gasteiger partial charge >= 0.3 is 0 Å². The zero-order chi connectivity index (χ0) is 24.8. The first kappa shape index (κ1) is 24.4. The van der Waals surface area contributed by atoms with Crippen molar-refractivity contribution in [3.8, 4) is 5.75 Å². The number of anilines is 2. The fourth-order valence-corrected chi connectivity index (χ4v) is 8.21. The van der Waals surface area contributed by atoms with E-state index in [2.05, 4.69) is 5.32 Å². The molecule has 1 fully saturated rings. The van der Waals surface area contributed by atoms with Crippen molar-refractivity contribution >= 4 is 31.5 Å². The van der Waals surface area contributed by atoms with Gasteiger partial charge in [-0.3, -0.25) is 9.59 Å². The number of aliphatic hydroxyl groups is 1. The molecule has 0 saturated carbocycles. The molecule has 1 spiro atoms. The number of carbonyl (C=O) groups is 2. The maximum Gasteiger partial charge on any atom is 0.264 e. The molecule has 2 aliphatic rings. The van der Waals surface area contributed by atoms with Crippen LogP contribution in [0.2, 0.25) is 18.6 Å². The maximum atomic E-state index is 13.6. The van der Waals surface area contributed by atoms with Crippen molar-refractivity contribution in [1.82, 2.24) is 0 Å². The highest BCUT2D eigenvalue weighted by Crippen LogP contribution is 2.59. The average Bonchev–Trinajstić information content (AvgIpc) is 3.21. The Hall–Kier alpha value is -2.72. The van der Waals surface area contributed by atoms with Crippen LogP contribution < -0.4 is 15.0 Å². The third kappa shape index (κ3) is 3.82. The number of nitrogens with one attached hydrogen (secondary N) is 1. The highest BCUT2D eigenvalue weighted by Gasteiger charge is 2.65. The zero-order valence-electron chi connectivity index (χ0n) is 20.2. The summed E-state index contributed by atoms with van der Waals surface area (Å²) in [6.45, 7) is 5.53. The van der Waals surface area contributed by atoms with Crippen LogP contribution >= 0.6 is 0 Å². The maximum absolute atomic E-state index is 13.6. The van der Waals surface area contributed by atoms with Crippen LogP contribution in [-0.4, -0.2) is 56.9 Å². The molecule has 4 atom stereocenters. The first-order valence-corrected chi connectivity index (χ1v) is 14.5. The van der Waals surface area contributed by atoms with Crippen LogP contribution in [0.15, 0.2) is 42.5 Å². The fourth-order valence-electron chi connectivity index (χ4n) is 5.60. The van der Waals surface area contributed by atoms with Crippen LogP contribution in [0.4, 0.5) is 11.4 Å². The number of nitrogens with zero attached hydrogens (tertiary/aromatic N) is 1. The van der Waals surface area contributed by atoms with Gasteiger partial charge in [0.25, 0.3) is 11.8 Å². The Bertz CT molecular complexity index is 1100. The number of fused-ring (bicyclic) bond motifs is 2. The summed E-state index contributed by atoms with van der Waals surface area (Å²) >= 11 is 0. The summed E-state index contributed by atoms with van der Waals surface area (Å²) in [5.74, 6) is -0.126. The summed E-state index contributed by atoms with van der Waals surface area (Å²) in [7, 11) is 0.539. The quantitative estimate of drug-likeness (QED) is 0.544. The number of carbonyl (C=O) groups excluding carboxylic acids is 2. The molecule has 9 heteroatoms. The number of hydrogen-bond acceptors (Lipinski definition) is 6. The topological polar surface area (TPSA) is 108 Å². The van der Waals surface area contributed by atoms with E-state index in [1.54, 1.807) is 61.5 Å². The van der Waals surface area contributed by atoms with Gasteiger partial charge in [-0.25, -0.2) is 0 Å². The molecule has 182 valence electrons. The van der Waals surface area contributed by atoms with E-state index in [4.69, 9.17) is 9.47 Å². The lowest BCUT2D eigenvalue weighted by molar-refractivity contribution is -0.145. The predicted molar refractivity (Wildman–Crippen MR) is 132 cm³/mol. The van der Waals surface area contributed by atoms with Gasteiger partial charge in [-0.15, -0.1) is 0 Å². The van der Waals surface area contributed by atoms with Crippen LogP contribution in [-0.2, 0) is 15.1 Å². The van der Waals surface area contributed by atoms with Crippen LogP contribution in [0, 0.1) is 5.92 Å². The second-order valence-corrected chi connectivity index (χ2v) is 13.6. The van der Waals surface area contributed by atoms with Crippen molar-refractivity contribution in [3.63, 3.8) is 0 Å². The van der Waals surface area contributed by atoms with Crippen LogP contribution in [0.25, 0.3) is 0 Å². The van der Waals surface area contributed by atoms with Crippen LogP contribution in [0.3, 0.4) is 0 Å². The monoisotopic (exact) mass is 484 g/mol. The largest absolute Gasteiger partial charge is 0.497 e. The SMILES string of the molecule is COc1ccc(C(=O)Nc2ccc3c(c2)[C@]2(O[C@@H](CCO)[C@H]([Si](C)(C)O)[C@H]2C)C(=O)N3C)cc1. The van der Waals surface area contributed by atoms with Gasteiger partial charge in [0.2, 0.25) is 0 Å². The second-order valence-electron chi connectivity index (χ2n) is 9.65. The Labute approximate surface area is 200 Å². The molecule has 2 aromatic rings. The normalized spacial score (nSPS) is 26.1. The molecule has 0 aliphatic carbocycles. The first-order chi connectivity index (χ1) is 16.0. The molecule has 0 radical (unpaired) electrons. The lowest BCUT2D eigenvalue weighted by Crippen LogP contribution is -2.45. The minimum atomic E-state index is -2.73. The highest BCUT2D eigenvalue weighted by molar-refractivity contribution is 6.71. The van der Waals surface area contributed by atoms with Crippen molar-refractivity contribution in [2.24, 2.45) is 5.92 Å². The number of likely N-dealkylation sites (N-methyl/N-ethyl adjacent to an activating group) is 1. The molecular formula is C25H32N2O6Si.